The maximum atomic E-state index is 13.7. The molecule has 0 spiro atoms. The van der Waals surface area contributed by atoms with E-state index >= 15 is 0 Å². The minimum absolute atomic E-state index is 0.0547. The van der Waals surface area contributed by atoms with Crippen molar-refractivity contribution in [1.82, 2.24) is 0 Å². The van der Waals surface area contributed by atoms with Crippen LogP contribution in [-0.2, 0) is 4.74 Å². The highest BCUT2D eigenvalue weighted by Gasteiger charge is 2.42. The highest BCUT2D eigenvalue weighted by atomic mass is 19.3. The van der Waals surface area contributed by atoms with Crippen LogP contribution in [-0.4, -0.2) is 37.0 Å². The number of esters is 1. The number of hydrogen-bond donors (Lipinski definition) is 0. The Hall–Kier alpha value is -2.25. The number of anilines is 1. The van der Waals surface area contributed by atoms with Gasteiger partial charge in [-0.15, -0.1) is 0 Å². The van der Waals surface area contributed by atoms with Crippen molar-refractivity contribution in [3.8, 4) is 0 Å². The fourth-order valence-corrected chi connectivity index (χ4v) is 2.81. The molecule has 0 saturated carbocycles. The summed E-state index contributed by atoms with van der Waals surface area (Å²) in [6.45, 7) is 3.03. The molecule has 2 rings (SSSR count). The monoisotopic (exact) mass is 328 g/mol. The third-order valence-corrected chi connectivity index (χ3v) is 4.27. The van der Waals surface area contributed by atoms with E-state index in [4.69, 9.17) is 4.74 Å². The van der Waals surface area contributed by atoms with Gasteiger partial charge in [-0.25, -0.2) is 13.6 Å². The van der Waals surface area contributed by atoms with Crippen LogP contribution in [0.15, 0.2) is 12.1 Å². The van der Waals surface area contributed by atoms with Crippen LogP contribution in [0, 0.1) is 23.0 Å². The van der Waals surface area contributed by atoms with Gasteiger partial charge in [-0.1, -0.05) is 6.92 Å². The molecule has 126 valence electrons. The van der Waals surface area contributed by atoms with Crippen LogP contribution in [0.25, 0.3) is 0 Å². The van der Waals surface area contributed by atoms with Gasteiger partial charge in [-0.3, -0.25) is 10.1 Å². The van der Waals surface area contributed by atoms with Crippen molar-refractivity contribution in [3.05, 3.63) is 33.4 Å². The second-order valence-electron chi connectivity index (χ2n) is 5.71. The number of hydrogen-bond acceptors (Lipinski definition) is 5. The van der Waals surface area contributed by atoms with Gasteiger partial charge in [0.05, 0.1) is 23.3 Å². The molecular weight excluding hydrogens is 310 g/mol. The first-order valence-corrected chi connectivity index (χ1v) is 7.18. The van der Waals surface area contributed by atoms with Crippen molar-refractivity contribution in [3.63, 3.8) is 0 Å². The second-order valence-corrected chi connectivity index (χ2v) is 5.71. The molecule has 1 fully saturated rings. The summed E-state index contributed by atoms with van der Waals surface area (Å²) in [5.74, 6) is -4.35. The first-order valence-electron chi connectivity index (χ1n) is 7.18. The molecule has 0 bridgehead atoms. The van der Waals surface area contributed by atoms with Crippen molar-refractivity contribution in [2.75, 3.05) is 25.1 Å². The van der Waals surface area contributed by atoms with Crippen LogP contribution in [0.1, 0.15) is 29.3 Å². The molecule has 8 heteroatoms. The molecule has 1 heterocycles. The molecular formula is C15H18F2N2O4. The fourth-order valence-electron chi connectivity index (χ4n) is 2.81. The van der Waals surface area contributed by atoms with Crippen molar-refractivity contribution >= 4 is 17.3 Å². The Kier molecular flexibility index (Phi) is 4.53. The molecule has 23 heavy (non-hydrogen) atoms. The van der Waals surface area contributed by atoms with E-state index in [-0.39, 0.29) is 36.3 Å². The fraction of sp³-hybridized carbons (Fsp3) is 0.533. The standard InChI is InChI=1S/C15H18F2N2O4/c1-9-8-18(7-6-15(9,16)17)12-5-4-11(19(21)22)10(2)13(12)14(20)23-3/h4-5,9H,6-8H2,1-3H3. The summed E-state index contributed by atoms with van der Waals surface area (Å²) in [6, 6.07) is 2.71. The van der Waals surface area contributed by atoms with Gasteiger partial charge in [-0.2, -0.15) is 0 Å². The zero-order valence-corrected chi connectivity index (χ0v) is 13.1. The van der Waals surface area contributed by atoms with E-state index in [2.05, 4.69) is 0 Å². The predicted molar refractivity (Wildman–Crippen MR) is 80.1 cm³/mol. The summed E-state index contributed by atoms with van der Waals surface area (Å²) >= 11 is 0. The van der Waals surface area contributed by atoms with E-state index in [9.17, 15) is 23.7 Å². The minimum atomic E-state index is -2.75. The van der Waals surface area contributed by atoms with Gasteiger partial charge in [0.15, 0.2) is 0 Å². The first kappa shape index (κ1) is 17.1. The van der Waals surface area contributed by atoms with Gasteiger partial charge < -0.3 is 9.64 Å². The van der Waals surface area contributed by atoms with Gasteiger partial charge in [-0.05, 0) is 13.0 Å². The number of carbonyl (C=O) groups excluding carboxylic acids is 1. The summed E-state index contributed by atoms with van der Waals surface area (Å²) in [6.07, 6.45) is -0.329. The van der Waals surface area contributed by atoms with Crippen LogP contribution in [0.5, 0.6) is 0 Å². The number of nitro groups is 1. The van der Waals surface area contributed by atoms with Crippen molar-refractivity contribution in [2.24, 2.45) is 5.92 Å². The molecule has 0 aromatic heterocycles. The topological polar surface area (TPSA) is 72.7 Å². The third kappa shape index (κ3) is 3.11. The molecule has 1 aromatic rings. The number of alkyl halides is 2. The Morgan fingerprint density at radius 1 is 1.48 bits per heavy atom. The molecule has 1 aliphatic heterocycles. The van der Waals surface area contributed by atoms with Gasteiger partial charge >= 0.3 is 5.97 Å². The van der Waals surface area contributed by atoms with Crippen LogP contribution < -0.4 is 4.90 Å². The van der Waals surface area contributed by atoms with Crippen LogP contribution >= 0.6 is 0 Å². The molecule has 6 nitrogen and oxygen atoms in total. The largest absolute Gasteiger partial charge is 0.465 e. The molecule has 1 saturated heterocycles. The average molecular weight is 328 g/mol. The minimum Gasteiger partial charge on any atom is -0.465 e. The van der Waals surface area contributed by atoms with E-state index in [0.717, 1.165) is 0 Å². The number of nitro benzene ring substituents is 1. The average Bonchev–Trinajstić information content (AvgIpc) is 2.48. The van der Waals surface area contributed by atoms with Crippen molar-refractivity contribution in [2.45, 2.75) is 26.2 Å². The Bertz CT molecular complexity index is 649. The molecule has 0 N–H and O–H groups in total. The van der Waals surface area contributed by atoms with Gasteiger partial charge in [0.2, 0.25) is 0 Å². The number of piperidine rings is 1. The number of methoxy groups -OCH3 is 1. The maximum absolute atomic E-state index is 13.7. The highest BCUT2D eigenvalue weighted by Crippen LogP contribution is 2.38. The summed E-state index contributed by atoms with van der Waals surface area (Å²) in [4.78, 5) is 24.2. The van der Waals surface area contributed by atoms with Crippen LogP contribution in [0.2, 0.25) is 0 Å². The molecule has 0 radical (unpaired) electrons. The quantitative estimate of drug-likeness (QED) is 0.484. The van der Waals surface area contributed by atoms with Gasteiger partial charge in [0.25, 0.3) is 11.6 Å². The summed E-state index contributed by atoms with van der Waals surface area (Å²) < 4.78 is 32.0. The van der Waals surface area contributed by atoms with Crippen LogP contribution in [0.3, 0.4) is 0 Å². The van der Waals surface area contributed by atoms with E-state index in [1.165, 1.54) is 33.1 Å². The third-order valence-electron chi connectivity index (χ3n) is 4.27. The highest BCUT2D eigenvalue weighted by molar-refractivity contribution is 5.98. The predicted octanol–water partition coefficient (Wildman–Crippen LogP) is 3.17. The number of ether oxygens (including phenoxy) is 1. The number of carbonyl (C=O) groups is 1. The lowest BCUT2D eigenvalue weighted by Gasteiger charge is -2.38. The van der Waals surface area contributed by atoms with E-state index in [0.29, 0.717) is 5.69 Å². The lowest BCUT2D eigenvalue weighted by molar-refractivity contribution is -0.385. The summed E-state index contributed by atoms with van der Waals surface area (Å²) in [7, 11) is 1.18. The number of benzene rings is 1. The molecule has 1 aliphatic rings. The SMILES string of the molecule is COC(=O)c1c(N2CCC(F)(F)C(C)C2)ccc([N+](=O)[O-])c1C. The zero-order valence-electron chi connectivity index (χ0n) is 13.1. The molecule has 1 atom stereocenters. The van der Waals surface area contributed by atoms with Gasteiger partial charge in [0, 0.05) is 37.1 Å². The number of rotatable bonds is 3. The Morgan fingerprint density at radius 2 is 2.13 bits per heavy atom. The molecule has 1 unspecified atom stereocenters. The molecule has 0 aliphatic carbocycles. The summed E-state index contributed by atoms with van der Waals surface area (Å²) in [5.41, 5.74) is 0.412. The number of nitrogens with zero attached hydrogens (tertiary/aromatic N) is 2. The Balaban J connectivity index is 2.49. The van der Waals surface area contributed by atoms with Crippen LogP contribution in [0.4, 0.5) is 20.2 Å². The Labute approximate surface area is 132 Å². The van der Waals surface area contributed by atoms with E-state index in [1.807, 2.05) is 0 Å². The van der Waals surface area contributed by atoms with Crippen molar-refractivity contribution < 1.29 is 23.2 Å². The van der Waals surface area contributed by atoms with Crippen molar-refractivity contribution in [1.29, 1.82) is 0 Å². The molecule has 0 amide bonds. The molecule has 1 aromatic carbocycles. The smallest absolute Gasteiger partial charge is 0.340 e. The van der Waals surface area contributed by atoms with E-state index in [1.54, 1.807) is 4.90 Å². The van der Waals surface area contributed by atoms with E-state index < -0.39 is 22.7 Å². The second kappa shape index (κ2) is 6.10. The number of halogens is 2. The summed E-state index contributed by atoms with van der Waals surface area (Å²) in [5, 5.41) is 11.1. The maximum Gasteiger partial charge on any atom is 0.340 e. The lowest BCUT2D eigenvalue weighted by Crippen LogP contribution is -2.46. The van der Waals surface area contributed by atoms with Gasteiger partial charge in [0.1, 0.15) is 0 Å². The lowest BCUT2D eigenvalue weighted by atomic mass is 9.93. The zero-order chi connectivity index (χ0) is 17.4. The Morgan fingerprint density at radius 3 is 2.65 bits per heavy atom. The normalized spacial score (nSPS) is 20.2. The first-order chi connectivity index (χ1) is 10.7.